The van der Waals surface area contributed by atoms with E-state index in [1.807, 2.05) is 24.3 Å². The van der Waals surface area contributed by atoms with Gasteiger partial charge in [-0.15, -0.1) is 0 Å². The highest BCUT2D eigenvalue weighted by atomic mass is 79.9. The van der Waals surface area contributed by atoms with Crippen molar-refractivity contribution in [1.82, 2.24) is 9.97 Å². The molecule has 1 aromatic heterocycles. The van der Waals surface area contributed by atoms with E-state index in [-0.39, 0.29) is 0 Å². The quantitative estimate of drug-likeness (QED) is 0.233. The Balaban J connectivity index is 2.15. The van der Waals surface area contributed by atoms with Crippen LogP contribution in [0.3, 0.4) is 0 Å². The van der Waals surface area contributed by atoms with E-state index in [4.69, 9.17) is 9.97 Å². The Kier molecular flexibility index (Phi) is 2.91. The summed E-state index contributed by atoms with van der Waals surface area (Å²) in [6, 6.07) is 21.0. The van der Waals surface area contributed by atoms with Gasteiger partial charge in [-0.25, -0.2) is 9.97 Å². The second-order valence-electron chi connectivity index (χ2n) is 6.15. The van der Waals surface area contributed by atoms with Gasteiger partial charge in [0, 0.05) is 15.2 Å². The summed E-state index contributed by atoms with van der Waals surface area (Å²) in [6.45, 7) is 0. The van der Waals surface area contributed by atoms with Crippen LogP contribution in [0, 0.1) is 0 Å². The molecule has 0 radical (unpaired) electrons. The van der Waals surface area contributed by atoms with Gasteiger partial charge < -0.3 is 0 Å². The fourth-order valence-corrected chi connectivity index (χ4v) is 3.77. The lowest BCUT2D eigenvalue weighted by Crippen LogP contribution is -2.01. The molecule has 0 N–H and O–H groups in total. The van der Waals surface area contributed by atoms with E-state index in [2.05, 4.69) is 60.2 Å². The highest BCUT2D eigenvalue weighted by molar-refractivity contribution is 9.10. The highest BCUT2D eigenvalue weighted by Gasteiger charge is 2.12. The fraction of sp³-hybridized carbons (Fsp3) is 0. The summed E-state index contributed by atoms with van der Waals surface area (Å²) in [5.41, 5.74) is 5.02. The second kappa shape index (κ2) is 5.02. The van der Waals surface area contributed by atoms with Crippen LogP contribution < -0.4 is 5.46 Å². The molecular formula is C20H12BBrN2. The summed E-state index contributed by atoms with van der Waals surface area (Å²) in [4.78, 5) is 9.89. The minimum Gasteiger partial charge on any atom is -0.244 e. The maximum Gasteiger partial charge on any atom is 0.139 e. The van der Waals surface area contributed by atoms with E-state index in [0.29, 0.717) is 0 Å². The topological polar surface area (TPSA) is 25.8 Å². The van der Waals surface area contributed by atoms with Gasteiger partial charge >= 0.3 is 0 Å². The molecule has 0 aliphatic heterocycles. The van der Waals surface area contributed by atoms with Crippen LogP contribution >= 0.6 is 15.9 Å². The summed E-state index contributed by atoms with van der Waals surface area (Å²) in [7, 11) is 2.12. The van der Waals surface area contributed by atoms with Crippen LogP contribution in [0.4, 0.5) is 0 Å². The molecule has 0 aliphatic carbocycles. The first-order valence-electron chi connectivity index (χ1n) is 7.89. The van der Waals surface area contributed by atoms with Crippen molar-refractivity contribution in [3.05, 3.63) is 65.1 Å². The minimum atomic E-state index is 0.929. The first-order chi connectivity index (χ1) is 11.7. The fourth-order valence-electron chi connectivity index (χ4n) is 3.41. The van der Waals surface area contributed by atoms with Crippen LogP contribution in [0.2, 0.25) is 0 Å². The average Bonchev–Trinajstić information content (AvgIpc) is 2.60. The minimum absolute atomic E-state index is 0.929. The Hall–Kier alpha value is -2.46. The molecule has 5 aromatic rings. The number of halogens is 1. The van der Waals surface area contributed by atoms with Crippen molar-refractivity contribution in [2.75, 3.05) is 0 Å². The molecule has 0 aliphatic rings. The molecule has 0 unspecified atom stereocenters. The van der Waals surface area contributed by atoms with Crippen LogP contribution in [-0.2, 0) is 0 Å². The van der Waals surface area contributed by atoms with Gasteiger partial charge in [0.15, 0.2) is 0 Å². The Morgan fingerprint density at radius 1 is 0.667 bits per heavy atom. The van der Waals surface area contributed by atoms with Crippen LogP contribution in [0.25, 0.3) is 43.6 Å². The zero-order valence-electron chi connectivity index (χ0n) is 13.0. The Morgan fingerprint density at radius 3 is 1.92 bits per heavy atom. The summed E-state index contributed by atoms with van der Waals surface area (Å²) < 4.78 is 1.05. The summed E-state index contributed by atoms with van der Waals surface area (Å²) >= 11 is 3.60. The molecule has 1 heterocycles. The standard InChI is InChI=1S/C20H12BBrN2/c21-11-5-7-13-14-8-6-12(22)10-16(14)20-19(15(13)9-11)23-17-3-1-2-4-18(17)24-20/h1-10H,21H2. The van der Waals surface area contributed by atoms with E-state index in [1.54, 1.807) is 0 Å². The Bertz CT molecular complexity index is 1180. The lowest BCUT2D eigenvalue weighted by Gasteiger charge is -2.11. The predicted molar refractivity (Wildman–Crippen MR) is 108 cm³/mol. The molecule has 0 amide bonds. The van der Waals surface area contributed by atoms with Crippen LogP contribution in [0.15, 0.2) is 65.1 Å². The normalized spacial score (nSPS) is 11.7. The summed E-state index contributed by atoms with van der Waals surface area (Å²) in [5, 5.41) is 4.73. The molecule has 4 aromatic carbocycles. The second-order valence-corrected chi connectivity index (χ2v) is 7.06. The third-order valence-corrected chi connectivity index (χ3v) is 5.02. The van der Waals surface area contributed by atoms with E-state index in [1.165, 1.54) is 16.2 Å². The van der Waals surface area contributed by atoms with Crippen molar-refractivity contribution in [3.8, 4) is 0 Å². The van der Waals surface area contributed by atoms with E-state index in [9.17, 15) is 0 Å². The van der Waals surface area contributed by atoms with Gasteiger partial charge in [-0.2, -0.15) is 0 Å². The van der Waals surface area contributed by atoms with Gasteiger partial charge in [0.2, 0.25) is 0 Å². The third kappa shape index (κ3) is 1.96. The molecule has 0 saturated carbocycles. The monoisotopic (exact) mass is 370 g/mol. The molecule has 0 atom stereocenters. The summed E-state index contributed by atoms with van der Waals surface area (Å²) in [6.07, 6.45) is 0. The van der Waals surface area contributed by atoms with Gasteiger partial charge in [-0.1, -0.05) is 57.8 Å². The van der Waals surface area contributed by atoms with Gasteiger partial charge in [0.05, 0.1) is 22.1 Å². The first kappa shape index (κ1) is 13.9. The number of benzene rings is 4. The van der Waals surface area contributed by atoms with Gasteiger partial charge in [0.1, 0.15) is 7.85 Å². The van der Waals surface area contributed by atoms with E-state index in [0.717, 1.165) is 37.3 Å². The maximum absolute atomic E-state index is 4.95. The van der Waals surface area contributed by atoms with Crippen molar-refractivity contribution in [2.45, 2.75) is 0 Å². The number of fused-ring (bicyclic) bond motifs is 7. The zero-order valence-corrected chi connectivity index (χ0v) is 14.6. The van der Waals surface area contributed by atoms with E-state index >= 15 is 0 Å². The number of hydrogen-bond donors (Lipinski definition) is 0. The van der Waals surface area contributed by atoms with Crippen LogP contribution in [0.1, 0.15) is 0 Å². The number of hydrogen-bond acceptors (Lipinski definition) is 2. The van der Waals surface area contributed by atoms with Crippen molar-refractivity contribution < 1.29 is 0 Å². The van der Waals surface area contributed by atoms with Crippen molar-refractivity contribution in [3.63, 3.8) is 0 Å². The van der Waals surface area contributed by atoms with Crippen LogP contribution in [0.5, 0.6) is 0 Å². The number of aromatic nitrogens is 2. The number of rotatable bonds is 0. The van der Waals surface area contributed by atoms with Gasteiger partial charge in [0.25, 0.3) is 0 Å². The summed E-state index contributed by atoms with van der Waals surface area (Å²) in [5.74, 6) is 0. The van der Waals surface area contributed by atoms with Crippen molar-refractivity contribution in [1.29, 1.82) is 0 Å². The molecule has 0 spiro atoms. The van der Waals surface area contributed by atoms with Gasteiger partial charge in [-0.05, 0) is 35.0 Å². The zero-order chi connectivity index (χ0) is 16.3. The number of nitrogens with zero attached hydrogens (tertiary/aromatic N) is 2. The molecule has 0 bridgehead atoms. The van der Waals surface area contributed by atoms with Gasteiger partial charge in [-0.3, -0.25) is 0 Å². The Morgan fingerprint density at radius 2 is 1.25 bits per heavy atom. The molecule has 4 heteroatoms. The van der Waals surface area contributed by atoms with E-state index < -0.39 is 0 Å². The maximum atomic E-state index is 4.95. The highest BCUT2D eigenvalue weighted by Crippen LogP contribution is 2.34. The van der Waals surface area contributed by atoms with Crippen molar-refractivity contribution in [2.24, 2.45) is 0 Å². The molecular weight excluding hydrogens is 359 g/mol. The largest absolute Gasteiger partial charge is 0.244 e. The number of para-hydroxylation sites is 2. The molecule has 5 rings (SSSR count). The first-order valence-corrected chi connectivity index (χ1v) is 8.68. The molecule has 0 fully saturated rings. The van der Waals surface area contributed by atoms with Crippen LogP contribution in [-0.4, -0.2) is 17.8 Å². The molecule has 2 nitrogen and oxygen atoms in total. The lowest BCUT2D eigenvalue weighted by atomic mass is 9.91. The third-order valence-electron chi connectivity index (χ3n) is 4.53. The Labute approximate surface area is 148 Å². The predicted octanol–water partition coefficient (Wildman–Crippen LogP) is 4.11. The lowest BCUT2D eigenvalue weighted by molar-refractivity contribution is 1.42. The van der Waals surface area contributed by atoms with Crippen molar-refractivity contribution >= 4 is 72.9 Å². The SMILES string of the molecule is Bc1ccc2c3ccc(Br)cc3c3nc4ccccc4nc3c2c1. The molecule has 0 saturated heterocycles. The average molecular weight is 371 g/mol. The molecule has 112 valence electrons. The smallest absolute Gasteiger partial charge is 0.139 e. The molecule has 24 heavy (non-hydrogen) atoms.